The summed E-state index contributed by atoms with van der Waals surface area (Å²) in [6.45, 7) is 1.97. The molecule has 2 aromatic heterocycles. The summed E-state index contributed by atoms with van der Waals surface area (Å²) in [6.07, 6.45) is -1.84. The second-order valence-corrected chi connectivity index (χ2v) is 8.40. The standard InChI is InChI=1S/C26H22F4N6O2/c1-15-5-3-4-6-21(15)33-23-22(34-25(38)16-9-18(26(28,29)30)12-19(27)10-16)11-17(13-31-23)24(37)32-14-20-7-8-36(2)35-20/h3-13H,14H2,1-2H3,(H,31,33)(H,32,37)(H,34,38). The van der Waals surface area contributed by atoms with Crippen molar-refractivity contribution < 1.29 is 27.2 Å². The summed E-state index contributed by atoms with van der Waals surface area (Å²) in [5.41, 5.74) is 0.331. The van der Waals surface area contributed by atoms with Crippen LogP contribution in [0.15, 0.2) is 67.0 Å². The number of anilines is 3. The largest absolute Gasteiger partial charge is 0.416 e. The van der Waals surface area contributed by atoms with Crippen LogP contribution in [0.1, 0.15) is 37.5 Å². The summed E-state index contributed by atoms with van der Waals surface area (Å²) >= 11 is 0. The molecule has 4 rings (SSSR count). The second kappa shape index (κ2) is 10.7. The lowest BCUT2D eigenvalue weighted by molar-refractivity contribution is -0.137. The van der Waals surface area contributed by atoms with Gasteiger partial charge < -0.3 is 16.0 Å². The molecule has 8 nitrogen and oxygen atoms in total. The number of nitrogens with one attached hydrogen (secondary N) is 3. The fourth-order valence-electron chi connectivity index (χ4n) is 3.53. The van der Waals surface area contributed by atoms with E-state index < -0.39 is 34.9 Å². The van der Waals surface area contributed by atoms with Crippen LogP contribution in [0.3, 0.4) is 0 Å². The van der Waals surface area contributed by atoms with Gasteiger partial charge in [-0.2, -0.15) is 18.3 Å². The number of pyridine rings is 1. The van der Waals surface area contributed by atoms with E-state index in [1.54, 1.807) is 36.1 Å². The molecular formula is C26H22F4N6O2. The minimum absolute atomic E-state index is 0.00144. The van der Waals surface area contributed by atoms with Gasteiger partial charge in [0.25, 0.3) is 11.8 Å². The molecule has 0 fully saturated rings. The highest BCUT2D eigenvalue weighted by atomic mass is 19.4. The number of carbonyl (C=O) groups excluding carboxylic acids is 2. The Balaban J connectivity index is 1.64. The summed E-state index contributed by atoms with van der Waals surface area (Å²) in [4.78, 5) is 29.9. The molecule has 38 heavy (non-hydrogen) atoms. The van der Waals surface area contributed by atoms with Gasteiger partial charge in [0.15, 0.2) is 5.82 Å². The Hall–Kier alpha value is -4.74. The van der Waals surface area contributed by atoms with Crippen molar-refractivity contribution >= 4 is 29.0 Å². The third-order valence-corrected chi connectivity index (χ3v) is 5.48. The van der Waals surface area contributed by atoms with E-state index in [4.69, 9.17) is 0 Å². The first-order valence-electron chi connectivity index (χ1n) is 11.3. The summed E-state index contributed by atoms with van der Waals surface area (Å²) in [5, 5.41) is 12.4. The highest BCUT2D eigenvalue weighted by Crippen LogP contribution is 2.31. The maximum Gasteiger partial charge on any atom is 0.416 e. The Morgan fingerprint density at radius 3 is 2.42 bits per heavy atom. The smallest absolute Gasteiger partial charge is 0.346 e. The average molecular weight is 526 g/mol. The molecule has 0 aliphatic carbocycles. The molecule has 0 radical (unpaired) electrons. The topological polar surface area (TPSA) is 101 Å². The van der Waals surface area contributed by atoms with Gasteiger partial charge in [0.05, 0.1) is 29.1 Å². The number of alkyl halides is 3. The molecule has 0 aliphatic rings. The lowest BCUT2D eigenvalue weighted by Crippen LogP contribution is -2.24. The van der Waals surface area contributed by atoms with Gasteiger partial charge in [0.2, 0.25) is 0 Å². The molecule has 0 spiro atoms. The molecule has 2 amide bonds. The van der Waals surface area contributed by atoms with Crippen molar-refractivity contribution in [2.45, 2.75) is 19.6 Å². The number of aromatic nitrogens is 3. The molecule has 2 heterocycles. The molecule has 0 saturated heterocycles. The van der Waals surface area contributed by atoms with E-state index in [0.717, 1.165) is 5.56 Å². The zero-order chi connectivity index (χ0) is 27.4. The molecule has 3 N–H and O–H groups in total. The number of hydrogen-bond donors (Lipinski definition) is 3. The Labute approximate surface area is 214 Å². The monoisotopic (exact) mass is 526 g/mol. The summed E-state index contributed by atoms with van der Waals surface area (Å²) in [5.74, 6) is -2.63. The Morgan fingerprint density at radius 1 is 0.974 bits per heavy atom. The third kappa shape index (κ3) is 6.33. The zero-order valence-corrected chi connectivity index (χ0v) is 20.2. The van der Waals surface area contributed by atoms with Gasteiger partial charge in [0.1, 0.15) is 5.82 Å². The maximum absolute atomic E-state index is 13.9. The van der Waals surface area contributed by atoms with Gasteiger partial charge >= 0.3 is 6.18 Å². The number of nitrogens with zero attached hydrogens (tertiary/aromatic N) is 3. The molecule has 0 bridgehead atoms. The van der Waals surface area contributed by atoms with Gasteiger partial charge in [-0.3, -0.25) is 14.3 Å². The molecule has 0 atom stereocenters. The summed E-state index contributed by atoms with van der Waals surface area (Å²) in [7, 11) is 1.74. The lowest BCUT2D eigenvalue weighted by atomic mass is 10.1. The van der Waals surface area contributed by atoms with E-state index >= 15 is 0 Å². The van der Waals surface area contributed by atoms with E-state index in [9.17, 15) is 27.2 Å². The fourth-order valence-corrected chi connectivity index (χ4v) is 3.53. The van der Waals surface area contributed by atoms with Crippen LogP contribution in [-0.2, 0) is 19.8 Å². The van der Waals surface area contributed by atoms with E-state index in [-0.39, 0.29) is 23.6 Å². The molecule has 0 aliphatic heterocycles. The van der Waals surface area contributed by atoms with Crippen LogP contribution in [0.25, 0.3) is 0 Å². The first kappa shape index (κ1) is 26.3. The second-order valence-electron chi connectivity index (χ2n) is 8.40. The van der Waals surface area contributed by atoms with Crippen molar-refractivity contribution in [3.63, 3.8) is 0 Å². The minimum atomic E-state index is -4.85. The van der Waals surface area contributed by atoms with Crippen molar-refractivity contribution in [3.8, 4) is 0 Å². The average Bonchev–Trinajstić information content (AvgIpc) is 3.29. The van der Waals surface area contributed by atoms with E-state index in [2.05, 4.69) is 26.0 Å². The number of benzene rings is 2. The number of para-hydroxylation sites is 1. The third-order valence-electron chi connectivity index (χ3n) is 5.48. The molecule has 0 unspecified atom stereocenters. The van der Waals surface area contributed by atoms with Crippen LogP contribution < -0.4 is 16.0 Å². The van der Waals surface area contributed by atoms with E-state index in [1.165, 1.54) is 12.3 Å². The number of rotatable bonds is 7. The van der Waals surface area contributed by atoms with Crippen LogP contribution >= 0.6 is 0 Å². The maximum atomic E-state index is 13.9. The van der Waals surface area contributed by atoms with Gasteiger partial charge in [-0.05, 0) is 48.9 Å². The Bertz CT molecular complexity index is 1500. The van der Waals surface area contributed by atoms with Crippen LogP contribution in [0.2, 0.25) is 0 Å². The van der Waals surface area contributed by atoms with Crippen LogP contribution in [0.5, 0.6) is 0 Å². The Morgan fingerprint density at radius 2 is 1.74 bits per heavy atom. The molecule has 12 heteroatoms. The van der Waals surface area contributed by atoms with Crippen LogP contribution in [0, 0.1) is 12.7 Å². The van der Waals surface area contributed by atoms with Crippen LogP contribution in [0.4, 0.5) is 34.8 Å². The first-order chi connectivity index (χ1) is 18.0. The van der Waals surface area contributed by atoms with Crippen molar-refractivity contribution in [2.75, 3.05) is 10.6 Å². The predicted octanol–water partition coefficient (Wildman–Crippen LogP) is 5.21. The number of aryl methyl sites for hydroxylation is 2. The molecule has 4 aromatic rings. The van der Waals surface area contributed by atoms with E-state index in [0.29, 0.717) is 29.6 Å². The zero-order valence-electron chi connectivity index (χ0n) is 20.2. The number of amides is 2. The van der Waals surface area contributed by atoms with Crippen LogP contribution in [-0.4, -0.2) is 26.6 Å². The first-order valence-corrected chi connectivity index (χ1v) is 11.3. The van der Waals surface area contributed by atoms with Crippen molar-refractivity contribution in [1.82, 2.24) is 20.1 Å². The molecular weight excluding hydrogens is 504 g/mol. The predicted molar refractivity (Wildman–Crippen MR) is 132 cm³/mol. The van der Waals surface area contributed by atoms with Crippen molar-refractivity contribution in [3.05, 3.63) is 101 Å². The molecule has 2 aromatic carbocycles. The molecule has 196 valence electrons. The van der Waals surface area contributed by atoms with E-state index in [1.807, 2.05) is 19.1 Å². The SMILES string of the molecule is Cc1ccccc1Nc1ncc(C(=O)NCc2ccn(C)n2)cc1NC(=O)c1cc(F)cc(C(F)(F)F)c1. The van der Waals surface area contributed by atoms with Gasteiger partial charge in [-0.1, -0.05) is 18.2 Å². The highest BCUT2D eigenvalue weighted by Gasteiger charge is 2.32. The summed E-state index contributed by atoms with van der Waals surface area (Å²) in [6, 6.07) is 11.8. The number of halogens is 4. The summed E-state index contributed by atoms with van der Waals surface area (Å²) < 4.78 is 54.9. The quantitative estimate of drug-likeness (QED) is 0.287. The highest BCUT2D eigenvalue weighted by molar-refractivity contribution is 6.07. The van der Waals surface area contributed by atoms with Crippen molar-refractivity contribution in [1.29, 1.82) is 0 Å². The van der Waals surface area contributed by atoms with Gasteiger partial charge in [-0.25, -0.2) is 9.37 Å². The number of carbonyl (C=O) groups is 2. The fraction of sp³-hybridized carbons (Fsp3) is 0.154. The van der Waals surface area contributed by atoms with Crippen molar-refractivity contribution in [2.24, 2.45) is 7.05 Å². The Kier molecular flexibility index (Phi) is 7.42. The lowest BCUT2D eigenvalue weighted by Gasteiger charge is -2.16. The molecule has 0 saturated carbocycles. The number of hydrogen-bond acceptors (Lipinski definition) is 5. The van der Waals surface area contributed by atoms with Gasteiger partial charge in [0, 0.05) is 30.7 Å². The minimum Gasteiger partial charge on any atom is -0.346 e. The van der Waals surface area contributed by atoms with Gasteiger partial charge in [-0.15, -0.1) is 0 Å². The normalized spacial score (nSPS) is 11.2.